The zero-order valence-electron chi connectivity index (χ0n) is 15.4. The summed E-state index contributed by atoms with van der Waals surface area (Å²) in [4.78, 5) is 13.2. The number of hydrogen-bond acceptors (Lipinski definition) is 3. The third kappa shape index (κ3) is 4.45. The van der Waals surface area contributed by atoms with Gasteiger partial charge in [-0.25, -0.2) is 4.79 Å². The van der Waals surface area contributed by atoms with Gasteiger partial charge in [0.25, 0.3) is 0 Å². The molecule has 0 fully saturated rings. The second kappa shape index (κ2) is 8.37. The summed E-state index contributed by atoms with van der Waals surface area (Å²) in [7, 11) is 0. The summed E-state index contributed by atoms with van der Waals surface area (Å²) in [6.07, 6.45) is 8.07. The minimum Gasteiger partial charge on any atom is -0.477 e. The van der Waals surface area contributed by atoms with Crippen LogP contribution in [0.3, 0.4) is 0 Å². The molecule has 0 saturated carbocycles. The average molecular weight is 358 g/mol. The van der Waals surface area contributed by atoms with E-state index < -0.39 is 5.97 Å². The third-order valence-electron chi connectivity index (χ3n) is 4.72. The molecule has 0 aliphatic carbocycles. The smallest absolute Gasteiger partial charge is 0.346 e. The Bertz CT molecular complexity index is 934. The fraction of sp³-hybridized carbons (Fsp3) is 0.217. The Balaban J connectivity index is 1.89. The van der Waals surface area contributed by atoms with Crippen molar-refractivity contribution in [3.63, 3.8) is 0 Å². The van der Waals surface area contributed by atoms with Crippen LogP contribution in [0.15, 0.2) is 60.2 Å². The molecule has 27 heavy (non-hydrogen) atoms. The van der Waals surface area contributed by atoms with Crippen LogP contribution in [0.1, 0.15) is 29.5 Å². The van der Waals surface area contributed by atoms with Crippen molar-refractivity contribution in [2.24, 2.45) is 0 Å². The summed E-state index contributed by atoms with van der Waals surface area (Å²) >= 11 is 0. The number of fused-ring (bicyclic) bond motifs is 1. The lowest BCUT2D eigenvalue weighted by Gasteiger charge is -2.25. The van der Waals surface area contributed by atoms with E-state index in [1.54, 1.807) is 12.1 Å². The van der Waals surface area contributed by atoms with Crippen LogP contribution in [0.5, 0.6) is 0 Å². The first-order valence-electron chi connectivity index (χ1n) is 9.07. The van der Waals surface area contributed by atoms with Gasteiger partial charge < -0.3 is 10.0 Å². The van der Waals surface area contributed by atoms with E-state index in [9.17, 15) is 4.79 Å². The molecular formula is C23H22N2O2. The molecule has 0 atom stereocenters. The SMILES string of the molecule is Cc1ccc(N2CCCCc3cc(/C=C/C=C(\C#N)C(=O)O)ccc32)cc1. The molecule has 0 bridgehead atoms. The van der Waals surface area contributed by atoms with E-state index in [4.69, 9.17) is 10.4 Å². The van der Waals surface area contributed by atoms with Gasteiger partial charge in [0.2, 0.25) is 0 Å². The Kier molecular flexibility index (Phi) is 5.73. The summed E-state index contributed by atoms with van der Waals surface area (Å²) in [6, 6.07) is 16.6. The maximum Gasteiger partial charge on any atom is 0.346 e. The summed E-state index contributed by atoms with van der Waals surface area (Å²) in [5.74, 6) is -1.21. The van der Waals surface area contributed by atoms with E-state index >= 15 is 0 Å². The van der Waals surface area contributed by atoms with Gasteiger partial charge in [-0.2, -0.15) is 5.26 Å². The van der Waals surface area contributed by atoms with E-state index in [1.165, 1.54) is 28.6 Å². The van der Waals surface area contributed by atoms with Gasteiger partial charge in [0.05, 0.1) is 0 Å². The maximum atomic E-state index is 10.9. The van der Waals surface area contributed by atoms with E-state index in [0.29, 0.717) is 0 Å². The van der Waals surface area contributed by atoms with Gasteiger partial charge in [0, 0.05) is 17.9 Å². The fourth-order valence-electron chi connectivity index (χ4n) is 3.28. The van der Waals surface area contributed by atoms with Gasteiger partial charge in [0.15, 0.2) is 0 Å². The zero-order valence-corrected chi connectivity index (χ0v) is 15.4. The van der Waals surface area contributed by atoms with Gasteiger partial charge in [-0.3, -0.25) is 0 Å². The molecule has 0 saturated heterocycles. The monoisotopic (exact) mass is 358 g/mol. The number of benzene rings is 2. The molecule has 1 aliphatic heterocycles. The fourth-order valence-corrected chi connectivity index (χ4v) is 3.28. The molecule has 0 amide bonds. The number of aliphatic carboxylic acids is 1. The maximum absolute atomic E-state index is 10.9. The molecule has 0 aromatic heterocycles. The number of carboxylic acids is 1. The lowest BCUT2D eigenvalue weighted by Crippen LogP contribution is -2.17. The molecular weight excluding hydrogens is 336 g/mol. The number of nitriles is 1. The van der Waals surface area contributed by atoms with E-state index in [-0.39, 0.29) is 5.57 Å². The topological polar surface area (TPSA) is 64.3 Å². The molecule has 0 spiro atoms. The van der Waals surface area contributed by atoms with Crippen molar-refractivity contribution in [3.8, 4) is 6.07 Å². The van der Waals surface area contributed by atoms with Crippen LogP contribution < -0.4 is 4.90 Å². The van der Waals surface area contributed by atoms with E-state index in [0.717, 1.165) is 31.4 Å². The van der Waals surface area contributed by atoms with Crippen molar-refractivity contribution in [2.45, 2.75) is 26.2 Å². The Hall–Kier alpha value is -3.32. The summed E-state index contributed by atoms with van der Waals surface area (Å²) in [5.41, 5.74) is 5.70. The van der Waals surface area contributed by atoms with Crippen LogP contribution in [0, 0.1) is 18.3 Å². The Labute approximate surface area is 159 Å². The number of anilines is 2. The number of nitrogens with zero attached hydrogens (tertiary/aromatic N) is 2. The molecule has 1 heterocycles. The molecule has 1 aliphatic rings. The number of allylic oxidation sites excluding steroid dienone is 2. The van der Waals surface area contributed by atoms with Crippen LogP contribution in [0.25, 0.3) is 6.08 Å². The minimum atomic E-state index is -1.21. The molecule has 2 aromatic carbocycles. The predicted molar refractivity (Wildman–Crippen MR) is 108 cm³/mol. The summed E-state index contributed by atoms with van der Waals surface area (Å²) < 4.78 is 0. The first kappa shape index (κ1) is 18.5. The van der Waals surface area contributed by atoms with Gasteiger partial charge in [-0.05, 0) is 67.7 Å². The van der Waals surface area contributed by atoms with Gasteiger partial charge in [-0.15, -0.1) is 0 Å². The van der Waals surface area contributed by atoms with Gasteiger partial charge in [-0.1, -0.05) is 35.9 Å². The molecule has 0 radical (unpaired) electrons. The quantitative estimate of drug-likeness (QED) is 0.474. The summed E-state index contributed by atoms with van der Waals surface area (Å²) in [5, 5.41) is 17.7. The van der Waals surface area contributed by atoms with Crippen LogP contribution >= 0.6 is 0 Å². The Morgan fingerprint density at radius 3 is 2.67 bits per heavy atom. The first-order valence-corrected chi connectivity index (χ1v) is 9.07. The number of carboxylic acid groups (broad SMARTS) is 1. The van der Waals surface area contributed by atoms with Gasteiger partial charge in [0.1, 0.15) is 11.6 Å². The normalized spacial score (nSPS) is 14.5. The highest BCUT2D eigenvalue weighted by Gasteiger charge is 2.16. The average Bonchev–Trinajstić information content (AvgIpc) is 2.87. The first-order chi connectivity index (χ1) is 13.1. The number of carbonyl (C=O) groups is 1. The number of aryl methyl sites for hydroxylation is 2. The standard InChI is InChI=1S/C23H22N2O2/c1-17-8-11-21(12-9-17)25-14-3-2-6-19-15-18(10-13-22(19)25)5-4-7-20(16-24)23(26)27/h4-5,7-13,15H,2-3,6,14H2,1H3,(H,26,27)/b5-4+,20-7+. The van der Waals surface area contributed by atoms with Crippen LogP contribution in [0.2, 0.25) is 0 Å². The molecule has 4 heteroatoms. The molecule has 3 rings (SSSR count). The Morgan fingerprint density at radius 2 is 1.96 bits per heavy atom. The van der Waals surface area contributed by atoms with Crippen LogP contribution in [-0.4, -0.2) is 17.6 Å². The lowest BCUT2D eigenvalue weighted by atomic mass is 10.0. The Morgan fingerprint density at radius 1 is 1.19 bits per heavy atom. The number of rotatable bonds is 4. The van der Waals surface area contributed by atoms with Crippen molar-refractivity contribution in [3.05, 3.63) is 76.9 Å². The number of hydrogen-bond donors (Lipinski definition) is 1. The molecule has 2 aromatic rings. The molecule has 1 N–H and O–H groups in total. The van der Waals surface area contributed by atoms with Crippen molar-refractivity contribution in [1.29, 1.82) is 5.26 Å². The van der Waals surface area contributed by atoms with E-state index in [1.807, 2.05) is 12.1 Å². The van der Waals surface area contributed by atoms with Crippen LogP contribution in [-0.2, 0) is 11.2 Å². The van der Waals surface area contributed by atoms with Crippen LogP contribution in [0.4, 0.5) is 11.4 Å². The van der Waals surface area contributed by atoms with E-state index in [2.05, 4.69) is 48.2 Å². The largest absolute Gasteiger partial charge is 0.477 e. The second-order valence-electron chi connectivity index (χ2n) is 6.69. The van der Waals surface area contributed by atoms with Crippen molar-refractivity contribution < 1.29 is 9.90 Å². The predicted octanol–water partition coefficient (Wildman–Crippen LogP) is 5.02. The second-order valence-corrected chi connectivity index (χ2v) is 6.69. The lowest BCUT2D eigenvalue weighted by molar-refractivity contribution is -0.132. The third-order valence-corrected chi connectivity index (χ3v) is 4.72. The van der Waals surface area contributed by atoms with Crippen molar-refractivity contribution in [1.82, 2.24) is 0 Å². The molecule has 136 valence electrons. The van der Waals surface area contributed by atoms with Gasteiger partial charge >= 0.3 is 5.97 Å². The van der Waals surface area contributed by atoms with Crippen molar-refractivity contribution in [2.75, 3.05) is 11.4 Å². The highest BCUT2D eigenvalue weighted by atomic mass is 16.4. The highest BCUT2D eigenvalue weighted by Crippen LogP contribution is 2.33. The highest BCUT2D eigenvalue weighted by molar-refractivity contribution is 5.91. The zero-order chi connectivity index (χ0) is 19.2. The van der Waals surface area contributed by atoms with Crippen molar-refractivity contribution >= 4 is 23.4 Å². The summed E-state index contributed by atoms with van der Waals surface area (Å²) in [6.45, 7) is 3.09. The molecule has 0 unspecified atom stereocenters. The molecule has 4 nitrogen and oxygen atoms in total. The minimum absolute atomic E-state index is 0.272.